The highest BCUT2D eigenvalue weighted by Gasteiger charge is 2.14. The third-order valence-electron chi connectivity index (χ3n) is 2.97. The molecule has 0 atom stereocenters. The van der Waals surface area contributed by atoms with E-state index in [9.17, 15) is 4.79 Å². The van der Waals surface area contributed by atoms with E-state index in [0.717, 1.165) is 24.8 Å². The first-order chi connectivity index (χ1) is 8.50. The molecule has 0 amide bonds. The summed E-state index contributed by atoms with van der Waals surface area (Å²) in [6, 6.07) is 3.90. The summed E-state index contributed by atoms with van der Waals surface area (Å²) in [6.45, 7) is 1.97. The normalized spacial score (nSPS) is 11.6. The Morgan fingerprint density at radius 3 is 2.83 bits per heavy atom. The number of halogens is 2. The summed E-state index contributed by atoms with van der Waals surface area (Å²) in [5, 5.41) is 5.04. The van der Waals surface area contributed by atoms with Crippen LogP contribution in [0.4, 0.5) is 0 Å². The average Bonchev–Trinajstić information content (AvgIpc) is 2.67. The lowest BCUT2D eigenvalue weighted by atomic mass is 10.1. The van der Waals surface area contributed by atoms with Crippen LogP contribution < -0.4 is 5.56 Å². The van der Waals surface area contributed by atoms with Crippen LogP contribution in [-0.4, -0.2) is 14.2 Å². The minimum Gasteiger partial charge on any atom is -0.295 e. The molecule has 0 aliphatic carbocycles. The Morgan fingerprint density at radius 2 is 2.11 bits per heavy atom. The van der Waals surface area contributed by atoms with Gasteiger partial charge in [0.25, 0.3) is 5.56 Å². The van der Waals surface area contributed by atoms with Crippen molar-refractivity contribution in [3.8, 4) is 0 Å². The number of rotatable bonds is 0. The molecular weight excluding hydrogens is 409 g/mol. The van der Waals surface area contributed by atoms with Gasteiger partial charge in [-0.1, -0.05) is 0 Å². The highest BCUT2D eigenvalue weighted by atomic mass is 127. The van der Waals surface area contributed by atoms with Crippen LogP contribution in [0.2, 0.25) is 0 Å². The lowest BCUT2D eigenvalue weighted by Gasteiger charge is -2.09. The molecule has 0 unspecified atom stereocenters. The fourth-order valence-corrected chi connectivity index (χ4v) is 3.64. The maximum absolute atomic E-state index is 12.4. The van der Waals surface area contributed by atoms with Crippen LogP contribution in [0, 0.1) is 10.5 Å². The summed E-state index contributed by atoms with van der Waals surface area (Å²) >= 11 is 5.71. The molecule has 0 aliphatic rings. The second-order valence-corrected chi connectivity index (χ2v) is 6.25. The van der Waals surface area contributed by atoms with Crippen molar-refractivity contribution in [3.63, 3.8) is 0 Å². The number of fused-ring (bicyclic) bond motifs is 3. The van der Waals surface area contributed by atoms with Crippen molar-refractivity contribution in [3.05, 3.63) is 42.3 Å². The Balaban J connectivity index is 2.75. The second-order valence-electron chi connectivity index (χ2n) is 4.23. The van der Waals surface area contributed by atoms with Gasteiger partial charge in [0.15, 0.2) is 5.65 Å². The van der Waals surface area contributed by atoms with Gasteiger partial charge in [0, 0.05) is 11.5 Å². The van der Waals surface area contributed by atoms with Gasteiger partial charge >= 0.3 is 0 Å². The molecule has 6 heteroatoms. The number of aryl methyl sites for hydroxylation is 2. The van der Waals surface area contributed by atoms with Gasteiger partial charge in [0.05, 0.1) is 20.7 Å². The molecule has 1 aromatic carbocycles. The first-order valence-electron chi connectivity index (χ1n) is 5.33. The average molecular weight is 418 g/mol. The molecule has 0 aliphatic heterocycles. The molecule has 2 heterocycles. The fourth-order valence-electron chi connectivity index (χ4n) is 2.18. The molecule has 0 saturated carbocycles. The lowest BCUT2D eigenvalue weighted by molar-refractivity contribution is 0.847. The quantitative estimate of drug-likeness (QED) is 0.527. The molecule has 4 nitrogen and oxygen atoms in total. The van der Waals surface area contributed by atoms with Gasteiger partial charge in [-0.2, -0.15) is 5.10 Å². The Labute approximate surface area is 125 Å². The van der Waals surface area contributed by atoms with Gasteiger partial charge < -0.3 is 0 Å². The minimum absolute atomic E-state index is 0.000293. The zero-order valence-electron chi connectivity index (χ0n) is 9.74. The van der Waals surface area contributed by atoms with E-state index in [1.54, 1.807) is 17.8 Å². The first-order valence-corrected chi connectivity index (χ1v) is 7.20. The lowest BCUT2D eigenvalue weighted by Crippen LogP contribution is -2.20. The molecule has 2 aromatic heterocycles. The minimum atomic E-state index is 0.000293. The van der Waals surface area contributed by atoms with E-state index in [0.29, 0.717) is 5.39 Å². The Morgan fingerprint density at radius 1 is 1.39 bits per heavy atom. The van der Waals surface area contributed by atoms with Gasteiger partial charge in [-0.3, -0.25) is 9.36 Å². The SMILES string of the molecule is Cc1cc(Br)c2c(c1)c(=O)n(C)c1c(I)cnn21. The highest BCUT2D eigenvalue weighted by molar-refractivity contribution is 14.1. The van der Waals surface area contributed by atoms with Gasteiger partial charge in [-0.05, 0) is 63.1 Å². The third-order valence-corrected chi connectivity index (χ3v) is 4.34. The summed E-state index contributed by atoms with van der Waals surface area (Å²) in [6.07, 6.45) is 1.76. The Bertz CT molecular complexity index is 850. The maximum atomic E-state index is 12.4. The van der Waals surface area contributed by atoms with E-state index in [4.69, 9.17) is 0 Å². The predicted molar refractivity (Wildman–Crippen MR) is 83.1 cm³/mol. The van der Waals surface area contributed by atoms with Crippen molar-refractivity contribution in [2.75, 3.05) is 0 Å². The van der Waals surface area contributed by atoms with E-state index >= 15 is 0 Å². The monoisotopic (exact) mass is 417 g/mol. The van der Waals surface area contributed by atoms with E-state index in [2.05, 4.69) is 43.6 Å². The van der Waals surface area contributed by atoms with Crippen molar-refractivity contribution in [2.45, 2.75) is 6.92 Å². The maximum Gasteiger partial charge on any atom is 0.261 e. The van der Waals surface area contributed by atoms with Crippen molar-refractivity contribution < 1.29 is 0 Å². The molecule has 0 spiro atoms. The van der Waals surface area contributed by atoms with Gasteiger partial charge in [0.1, 0.15) is 0 Å². The van der Waals surface area contributed by atoms with Gasteiger partial charge in [0.2, 0.25) is 0 Å². The van der Waals surface area contributed by atoms with Crippen molar-refractivity contribution in [1.29, 1.82) is 0 Å². The van der Waals surface area contributed by atoms with E-state index in [1.807, 2.05) is 23.6 Å². The van der Waals surface area contributed by atoms with Crippen LogP contribution in [-0.2, 0) is 7.05 Å². The number of aromatic nitrogens is 3. The zero-order chi connectivity index (χ0) is 13.0. The standard InChI is InChI=1S/C12H9BrIN3O/c1-6-3-7-10(8(13)4-6)17-11(9(14)5-15-17)16(2)12(7)18/h3-5H,1-2H3. The molecule has 0 saturated heterocycles. The van der Waals surface area contributed by atoms with Crippen LogP contribution in [0.1, 0.15) is 5.56 Å². The Hall–Kier alpha value is -0.890. The highest BCUT2D eigenvalue weighted by Crippen LogP contribution is 2.25. The fraction of sp³-hybridized carbons (Fsp3) is 0.167. The van der Waals surface area contributed by atoms with E-state index < -0.39 is 0 Å². The largest absolute Gasteiger partial charge is 0.295 e. The molecule has 0 bridgehead atoms. The molecule has 0 radical (unpaired) electrons. The number of nitrogens with zero attached hydrogens (tertiary/aromatic N) is 3. The molecule has 3 aromatic rings. The molecule has 0 N–H and O–H groups in total. The summed E-state index contributed by atoms with van der Waals surface area (Å²) in [5.41, 5.74) is 2.69. The smallest absolute Gasteiger partial charge is 0.261 e. The molecule has 0 fully saturated rings. The molecule has 3 rings (SSSR count). The summed E-state index contributed by atoms with van der Waals surface area (Å²) in [4.78, 5) is 12.4. The predicted octanol–water partition coefficient (Wildman–Crippen LogP) is 2.86. The number of benzene rings is 1. The third kappa shape index (κ3) is 1.55. The van der Waals surface area contributed by atoms with Crippen molar-refractivity contribution in [1.82, 2.24) is 14.2 Å². The van der Waals surface area contributed by atoms with Crippen LogP contribution >= 0.6 is 38.5 Å². The molecular formula is C12H9BrIN3O. The van der Waals surface area contributed by atoms with Gasteiger partial charge in [-0.25, -0.2) is 4.52 Å². The zero-order valence-corrected chi connectivity index (χ0v) is 13.5. The van der Waals surface area contributed by atoms with Crippen LogP contribution in [0.3, 0.4) is 0 Å². The van der Waals surface area contributed by atoms with Crippen LogP contribution in [0.15, 0.2) is 27.6 Å². The number of hydrogen-bond donors (Lipinski definition) is 0. The van der Waals surface area contributed by atoms with Crippen molar-refractivity contribution in [2.24, 2.45) is 7.05 Å². The van der Waals surface area contributed by atoms with Crippen LogP contribution in [0.25, 0.3) is 16.6 Å². The van der Waals surface area contributed by atoms with Crippen LogP contribution in [0.5, 0.6) is 0 Å². The second kappa shape index (κ2) is 4.06. The van der Waals surface area contributed by atoms with E-state index in [-0.39, 0.29) is 5.56 Å². The summed E-state index contributed by atoms with van der Waals surface area (Å²) in [5.74, 6) is 0. The van der Waals surface area contributed by atoms with E-state index in [1.165, 1.54) is 0 Å². The molecule has 18 heavy (non-hydrogen) atoms. The summed E-state index contributed by atoms with van der Waals surface area (Å²) < 4.78 is 5.30. The number of hydrogen-bond acceptors (Lipinski definition) is 2. The molecule has 92 valence electrons. The topological polar surface area (TPSA) is 39.3 Å². The Kier molecular flexibility index (Phi) is 2.74. The first kappa shape index (κ1) is 12.2. The summed E-state index contributed by atoms with van der Waals surface area (Å²) in [7, 11) is 1.77. The van der Waals surface area contributed by atoms with Crippen molar-refractivity contribution >= 4 is 55.1 Å². The van der Waals surface area contributed by atoms with Gasteiger partial charge in [-0.15, -0.1) is 0 Å².